The van der Waals surface area contributed by atoms with Gasteiger partial charge in [0.1, 0.15) is 5.82 Å². The van der Waals surface area contributed by atoms with Crippen LogP contribution in [0, 0.1) is 11.7 Å². The van der Waals surface area contributed by atoms with Gasteiger partial charge in [-0.1, -0.05) is 11.6 Å². The third-order valence-electron chi connectivity index (χ3n) is 3.35. The van der Waals surface area contributed by atoms with Crippen molar-refractivity contribution in [2.45, 2.75) is 12.8 Å². The Morgan fingerprint density at radius 1 is 1.45 bits per heavy atom. The van der Waals surface area contributed by atoms with Crippen LogP contribution in [0.5, 0.6) is 0 Å². The Balaban J connectivity index is 1.99. The van der Waals surface area contributed by atoms with Crippen molar-refractivity contribution in [2.75, 3.05) is 18.0 Å². The number of aliphatic carboxylic acids is 1. The molecule has 22 heavy (non-hydrogen) atoms. The van der Waals surface area contributed by atoms with E-state index in [4.69, 9.17) is 16.7 Å². The Morgan fingerprint density at radius 3 is 2.82 bits per heavy atom. The molecule has 0 radical (unpaired) electrons. The highest BCUT2D eigenvalue weighted by Gasteiger charge is 2.35. The predicted octanol–water partition coefficient (Wildman–Crippen LogP) is 1.42. The van der Waals surface area contributed by atoms with E-state index in [0.29, 0.717) is 5.69 Å². The van der Waals surface area contributed by atoms with Crippen LogP contribution < -0.4 is 10.2 Å². The van der Waals surface area contributed by atoms with Crippen molar-refractivity contribution in [1.82, 2.24) is 5.32 Å². The van der Waals surface area contributed by atoms with Gasteiger partial charge in [0.05, 0.1) is 17.4 Å². The van der Waals surface area contributed by atoms with Crippen molar-refractivity contribution in [3.8, 4) is 0 Å². The molecule has 0 bridgehead atoms. The van der Waals surface area contributed by atoms with E-state index in [-0.39, 0.29) is 42.8 Å². The van der Waals surface area contributed by atoms with E-state index in [0.717, 1.165) is 6.07 Å². The van der Waals surface area contributed by atoms with E-state index in [1.165, 1.54) is 17.0 Å². The predicted molar refractivity (Wildman–Crippen MR) is 77.1 cm³/mol. The second-order valence-electron chi connectivity index (χ2n) is 4.94. The van der Waals surface area contributed by atoms with Crippen LogP contribution in [0.2, 0.25) is 5.02 Å². The molecule has 0 spiro atoms. The second kappa shape index (κ2) is 6.74. The first-order valence-corrected chi connectivity index (χ1v) is 7.01. The first kappa shape index (κ1) is 16.2. The average Bonchev–Trinajstić information content (AvgIpc) is 2.83. The maximum Gasteiger partial charge on any atom is 0.305 e. The SMILES string of the molecule is O=C(O)CCNC(=O)C1CC(=O)N(c2ccc(Cl)c(F)c2)C1. The van der Waals surface area contributed by atoms with E-state index in [2.05, 4.69) is 5.32 Å². The lowest BCUT2D eigenvalue weighted by atomic mass is 10.1. The zero-order valence-electron chi connectivity index (χ0n) is 11.5. The summed E-state index contributed by atoms with van der Waals surface area (Å²) < 4.78 is 13.5. The molecular formula is C14H14ClFN2O4. The van der Waals surface area contributed by atoms with E-state index in [1.807, 2.05) is 0 Å². The van der Waals surface area contributed by atoms with Gasteiger partial charge >= 0.3 is 5.97 Å². The lowest BCUT2D eigenvalue weighted by Crippen LogP contribution is -2.34. The van der Waals surface area contributed by atoms with Crippen LogP contribution >= 0.6 is 11.6 Å². The smallest absolute Gasteiger partial charge is 0.305 e. The highest BCUT2D eigenvalue weighted by atomic mass is 35.5. The molecule has 0 saturated carbocycles. The van der Waals surface area contributed by atoms with Crippen LogP contribution in [0.25, 0.3) is 0 Å². The molecule has 1 aromatic rings. The third kappa shape index (κ3) is 3.73. The molecule has 1 unspecified atom stereocenters. The molecule has 1 aliphatic heterocycles. The molecule has 8 heteroatoms. The summed E-state index contributed by atoms with van der Waals surface area (Å²) in [5, 5.41) is 10.9. The van der Waals surface area contributed by atoms with Gasteiger partial charge in [-0.25, -0.2) is 4.39 Å². The average molecular weight is 329 g/mol. The van der Waals surface area contributed by atoms with Gasteiger partial charge in [0, 0.05) is 25.2 Å². The number of nitrogens with zero attached hydrogens (tertiary/aromatic N) is 1. The number of hydrogen-bond acceptors (Lipinski definition) is 3. The normalized spacial score (nSPS) is 17.6. The Bertz CT molecular complexity index is 623. The van der Waals surface area contributed by atoms with Gasteiger partial charge in [0.15, 0.2) is 0 Å². The van der Waals surface area contributed by atoms with Gasteiger partial charge in [-0.15, -0.1) is 0 Å². The summed E-state index contributed by atoms with van der Waals surface area (Å²) in [5.74, 6) is -2.91. The van der Waals surface area contributed by atoms with E-state index in [1.54, 1.807) is 0 Å². The van der Waals surface area contributed by atoms with Gasteiger partial charge in [-0.3, -0.25) is 14.4 Å². The molecule has 1 aliphatic rings. The maximum absolute atomic E-state index is 13.5. The number of carboxylic acid groups (broad SMARTS) is 1. The molecule has 2 rings (SSSR count). The summed E-state index contributed by atoms with van der Waals surface area (Å²) >= 11 is 5.60. The molecule has 1 atom stereocenters. The van der Waals surface area contributed by atoms with E-state index < -0.39 is 17.7 Å². The lowest BCUT2D eigenvalue weighted by Gasteiger charge is -2.17. The van der Waals surface area contributed by atoms with Crippen molar-refractivity contribution < 1.29 is 23.9 Å². The fourth-order valence-electron chi connectivity index (χ4n) is 2.22. The molecule has 1 saturated heterocycles. The summed E-state index contributed by atoms with van der Waals surface area (Å²) in [4.78, 5) is 35.6. The summed E-state index contributed by atoms with van der Waals surface area (Å²) in [6, 6.07) is 4.00. The minimum atomic E-state index is -1.01. The number of carbonyl (C=O) groups is 3. The number of amides is 2. The number of halogens is 2. The number of benzene rings is 1. The Labute approximate surface area is 130 Å². The fourth-order valence-corrected chi connectivity index (χ4v) is 2.34. The van der Waals surface area contributed by atoms with Crippen LogP contribution in [0.15, 0.2) is 18.2 Å². The first-order valence-electron chi connectivity index (χ1n) is 6.63. The molecule has 0 aliphatic carbocycles. The fraction of sp³-hybridized carbons (Fsp3) is 0.357. The number of carbonyl (C=O) groups excluding carboxylic acids is 2. The van der Waals surface area contributed by atoms with Crippen molar-refractivity contribution in [3.63, 3.8) is 0 Å². The Morgan fingerprint density at radius 2 is 2.18 bits per heavy atom. The van der Waals surface area contributed by atoms with E-state index >= 15 is 0 Å². The summed E-state index contributed by atoms with van der Waals surface area (Å²) in [5.41, 5.74) is 0.340. The quantitative estimate of drug-likeness (QED) is 0.856. The maximum atomic E-state index is 13.5. The largest absolute Gasteiger partial charge is 0.481 e. The highest BCUT2D eigenvalue weighted by molar-refractivity contribution is 6.30. The van der Waals surface area contributed by atoms with Gasteiger partial charge in [-0.05, 0) is 18.2 Å². The molecule has 1 fully saturated rings. The standard InChI is InChI=1S/C14H14ClFN2O4/c15-10-2-1-9(6-11(10)16)18-7-8(5-12(18)19)14(22)17-4-3-13(20)21/h1-2,6,8H,3-5,7H2,(H,17,22)(H,20,21). The van der Waals surface area contributed by atoms with E-state index in [9.17, 15) is 18.8 Å². The summed E-state index contributed by atoms with van der Waals surface area (Å²) in [6.07, 6.45) is -0.179. The molecular weight excluding hydrogens is 315 g/mol. The monoisotopic (exact) mass is 328 g/mol. The number of hydrogen-bond donors (Lipinski definition) is 2. The van der Waals surface area contributed by atoms with Crippen LogP contribution in [-0.4, -0.2) is 36.0 Å². The molecule has 118 valence electrons. The number of rotatable bonds is 5. The highest BCUT2D eigenvalue weighted by Crippen LogP contribution is 2.28. The minimum absolute atomic E-state index is 0.00313. The zero-order chi connectivity index (χ0) is 16.3. The zero-order valence-corrected chi connectivity index (χ0v) is 12.3. The molecule has 1 aromatic carbocycles. The van der Waals surface area contributed by atoms with Crippen LogP contribution in [0.4, 0.5) is 10.1 Å². The molecule has 1 heterocycles. The Kier molecular flexibility index (Phi) is 4.97. The van der Waals surface area contributed by atoms with Gasteiger partial charge in [0.2, 0.25) is 11.8 Å². The van der Waals surface area contributed by atoms with Crippen LogP contribution in [0.3, 0.4) is 0 Å². The number of carboxylic acids is 1. The van der Waals surface area contributed by atoms with Crippen LogP contribution in [0.1, 0.15) is 12.8 Å². The summed E-state index contributed by atoms with van der Waals surface area (Å²) in [7, 11) is 0. The molecule has 2 N–H and O–H groups in total. The number of anilines is 1. The molecule has 2 amide bonds. The lowest BCUT2D eigenvalue weighted by molar-refractivity contribution is -0.137. The molecule has 6 nitrogen and oxygen atoms in total. The van der Waals surface area contributed by atoms with Crippen molar-refractivity contribution >= 4 is 35.1 Å². The minimum Gasteiger partial charge on any atom is -0.481 e. The van der Waals surface area contributed by atoms with Gasteiger partial charge in [0.25, 0.3) is 0 Å². The van der Waals surface area contributed by atoms with Gasteiger partial charge < -0.3 is 15.3 Å². The topological polar surface area (TPSA) is 86.7 Å². The van der Waals surface area contributed by atoms with Crippen molar-refractivity contribution in [2.24, 2.45) is 5.92 Å². The molecule has 0 aromatic heterocycles. The van der Waals surface area contributed by atoms with Crippen LogP contribution in [-0.2, 0) is 14.4 Å². The van der Waals surface area contributed by atoms with Crippen molar-refractivity contribution in [1.29, 1.82) is 0 Å². The first-order chi connectivity index (χ1) is 10.4. The summed E-state index contributed by atoms with van der Waals surface area (Å²) in [6.45, 7) is 0.132. The van der Waals surface area contributed by atoms with Crippen molar-refractivity contribution in [3.05, 3.63) is 29.0 Å². The van der Waals surface area contributed by atoms with Gasteiger partial charge in [-0.2, -0.15) is 0 Å². The Hall–Kier alpha value is -2.15. The second-order valence-corrected chi connectivity index (χ2v) is 5.35. The number of nitrogens with one attached hydrogen (secondary N) is 1. The third-order valence-corrected chi connectivity index (χ3v) is 3.66.